The van der Waals surface area contributed by atoms with Crippen molar-refractivity contribution in [2.24, 2.45) is 5.92 Å². The van der Waals surface area contributed by atoms with Gasteiger partial charge in [-0.1, -0.05) is 49.4 Å². The summed E-state index contributed by atoms with van der Waals surface area (Å²) in [6.45, 7) is 5.45. The maximum absolute atomic E-state index is 12.8. The average molecular weight is 478 g/mol. The normalized spacial score (nSPS) is 26.6. The lowest BCUT2D eigenvalue weighted by atomic mass is 9.57. The minimum atomic E-state index is -0.0147. The summed E-state index contributed by atoms with van der Waals surface area (Å²) in [5.41, 5.74) is 2.61. The third-order valence-electron chi connectivity index (χ3n) is 8.28. The first kappa shape index (κ1) is 25.7. The van der Waals surface area contributed by atoms with Crippen molar-refractivity contribution in [3.63, 3.8) is 0 Å². The van der Waals surface area contributed by atoms with Crippen LogP contribution in [0.4, 0.5) is 0 Å². The molecule has 2 fully saturated rings. The number of fused-ring (bicyclic) bond motifs is 2. The van der Waals surface area contributed by atoms with Gasteiger partial charge in [0.05, 0.1) is 0 Å². The lowest BCUT2D eigenvalue weighted by Crippen LogP contribution is -2.61. The van der Waals surface area contributed by atoms with Crippen LogP contribution in [-0.4, -0.2) is 66.6 Å². The van der Waals surface area contributed by atoms with Gasteiger partial charge in [0.2, 0.25) is 5.91 Å². The summed E-state index contributed by atoms with van der Waals surface area (Å²) >= 11 is 0. The molecule has 2 N–H and O–H groups in total. The number of nitrogens with zero attached hydrogens (tertiary/aromatic N) is 2. The molecule has 1 aliphatic carbocycles. The largest absolute Gasteiger partial charge is 0.508 e. The second kappa shape index (κ2) is 11.6. The molecule has 0 spiro atoms. The topological polar surface area (TPSA) is 55.8 Å². The van der Waals surface area contributed by atoms with Crippen molar-refractivity contribution in [3.8, 4) is 5.75 Å². The number of hydrogen-bond donors (Lipinski definition) is 2. The van der Waals surface area contributed by atoms with Gasteiger partial charge in [0.25, 0.3) is 0 Å². The second-order valence-corrected chi connectivity index (χ2v) is 11.2. The van der Waals surface area contributed by atoms with Gasteiger partial charge in [-0.15, -0.1) is 0 Å². The summed E-state index contributed by atoms with van der Waals surface area (Å²) in [7, 11) is 4.10. The minimum absolute atomic E-state index is 0.0147. The highest BCUT2D eigenvalue weighted by molar-refractivity contribution is 5.76. The molecule has 1 aliphatic heterocycles. The van der Waals surface area contributed by atoms with Crippen LogP contribution in [0.2, 0.25) is 0 Å². The van der Waals surface area contributed by atoms with E-state index in [0.29, 0.717) is 24.1 Å². The van der Waals surface area contributed by atoms with Gasteiger partial charge in [0.1, 0.15) is 5.75 Å². The molecule has 0 radical (unpaired) electrons. The van der Waals surface area contributed by atoms with E-state index in [1.165, 1.54) is 11.1 Å². The van der Waals surface area contributed by atoms with Gasteiger partial charge in [-0.2, -0.15) is 0 Å². The molecule has 2 aliphatic rings. The summed E-state index contributed by atoms with van der Waals surface area (Å²) in [6.07, 6.45) is 6.76. The Kier molecular flexibility index (Phi) is 8.51. The highest BCUT2D eigenvalue weighted by Gasteiger charge is 2.51. The number of amides is 1. The molecule has 2 aromatic carbocycles. The molecule has 0 aromatic heterocycles. The number of nitrogens with one attached hydrogen (secondary N) is 1. The van der Waals surface area contributed by atoms with Crippen LogP contribution in [0.3, 0.4) is 0 Å². The SMILES string of the molecule is C[C@@H]1CN(CCCc2ccccc2)[C@@H]2C[C@H](NC(=O)CCCN(C)C)C[C@]1(c1cccc(O)c1)C2. The van der Waals surface area contributed by atoms with Crippen LogP contribution in [0, 0.1) is 5.92 Å². The lowest BCUT2D eigenvalue weighted by molar-refractivity contribution is -0.123. The fourth-order valence-electron chi connectivity index (χ4n) is 6.50. The number of hydrogen-bond acceptors (Lipinski definition) is 4. The Morgan fingerprint density at radius 2 is 1.91 bits per heavy atom. The zero-order valence-electron chi connectivity index (χ0n) is 21.7. The first-order valence-electron chi connectivity index (χ1n) is 13.4. The number of carbonyl (C=O) groups excluding carboxylic acids is 1. The number of aromatic hydroxyl groups is 1. The van der Waals surface area contributed by atoms with Gasteiger partial charge in [-0.05, 0) is 94.9 Å². The fraction of sp³-hybridized carbons (Fsp3) is 0.567. The quantitative estimate of drug-likeness (QED) is 0.525. The van der Waals surface area contributed by atoms with E-state index >= 15 is 0 Å². The number of phenols is 1. The number of aryl methyl sites for hydroxylation is 1. The maximum atomic E-state index is 12.8. The molecule has 2 bridgehead atoms. The Bertz CT molecular complexity index is 963. The molecule has 4 rings (SSSR count). The minimum Gasteiger partial charge on any atom is -0.508 e. The second-order valence-electron chi connectivity index (χ2n) is 11.2. The van der Waals surface area contributed by atoms with Gasteiger partial charge < -0.3 is 15.3 Å². The first-order chi connectivity index (χ1) is 16.9. The summed E-state index contributed by atoms with van der Waals surface area (Å²) in [6, 6.07) is 19.2. The van der Waals surface area contributed by atoms with Crippen molar-refractivity contribution in [2.45, 2.75) is 69.4 Å². The van der Waals surface area contributed by atoms with Crippen molar-refractivity contribution in [1.82, 2.24) is 15.1 Å². The van der Waals surface area contributed by atoms with Gasteiger partial charge >= 0.3 is 0 Å². The monoisotopic (exact) mass is 477 g/mol. The molecule has 2 aromatic rings. The molecule has 1 saturated carbocycles. The number of piperidine rings is 1. The highest BCUT2D eigenvalue weighted by atomic mass is 16.3. The van der Waals surface area contributed by atoms with Gasteiger partial charge in [-0.3, -0.25) is 9.69 Å². The molecule has 190 valence electrons. The number of benzene rings is 2. The van der Waals surface area contributed by atoms with E-state index in [4.69, 9.17) is 0 Å². The van der Waals surface area contributed by atoms with Gasteiger partial charge in [0, 0.05) is 30.5 Å². The van der Waals surface area contributed by atoms with Crippen LogP contribution in [0.5, 0.6) is 5.75 Å². The molecule has 1 saturated heterocycles. The van der Waals surface area contributed by atoms with Crippen LogP contribution in [0.25, 0.3) is 0 Å². The summed E-state index contributed by atoms with van der Waals surface area (Å²) in [4.78, 5) is 17.6. The third kappa shape index (κ3) is 6.45. The van der Waals surface area contributed by atoms with E-state index in [9.17, 15) is 9.90 Å². The van der Waals surface area contributed by atoms with Crippen molar-refractivity contribution in [3.05, 3.63) is 65.7 Å². The van der Waals surface area contributed by atoms with E-state index in [2.05, 4.69) is 58.4 Å². The van der Waals surface area contributed by atoms with Crippen LogP contribution in [0.1, 0.15) is 56.6 Å². The summed E-state index contributed by atoms with van der Waals surface area (Å²) in [5.74, 6) is 0.956. The van der Waals surface area contributed by atoms with Crippen molar-refractivity contribution < 1.29 is 9.90 Å². The van der Waals surface area contributed by atoms with Crippen LogP contribution in [0.15, 0.2) is 54.6 Å². The molecular formula is C30H43N3O2. The van der Waals surface area contributed by atoms with E-state index in [0.717, 1.165) is 58.2 Å². The van der Waals surface area contributed by atoms with Gasteiger partial charge in [0.15, 0.2) is 0 Å². The Morgan fingerprint density at radius 1 is 1.11 bits per heavy atom. The predicted octanol–water partition coefficient (Wildman–Crippen LogP) is 4.59. The molecular weight excluding hydrogens is 434 g/mol. The molecule has 5 nitrogen and oxygen atoms in total. The number of carbonyl (C=O) groups is 1. The lowest BCUT2D eigenvalue weighted by Gasteiger charge is -2.56. The van der Waals surface area contributed by atoms with Crippen molar-refractivity contribution >= 4 is 5.91 Å². The van der Waals surface area contributed by atoms with Crippen molar-refractivity contribution in [1.29, 1.82) is 0 Å². The van der Waals surface area contributed by atoms with E-state index < -0.39 is 0 Å². The zero-order valence-corrected chi connectivity index (χ0v) is 21.7. The number of phenolic OH excluding ortho intramolecular Hbond substituents is 1. The standard InChI is InChI=1S/C30H43N3O2/c1-23-22-33(17-8-12-24-10-5-4-6-11-24)27-19-26(31-29(35)15-9-16-32(2)3)20-30(23,21-27)25-13-7-14-28(34)18-25/h4-7,10-11,13-14,18,23,26-27,34H,8-9,12,15-17,19-22H2,1-3H3,(H,31,35)/t23-,26+,27-,30+/m1/s1. The Hall–Kier alpha value is -2.37. The van der Waals surface area contributed by atoms with Crippen LogP contribution in [-0.2, 0) is 16.6 Å². The molecule has 5 heteroatoms. The number of rotatable bonds is 10. The Morgan fingerprint density at radius 3 is 2.66 bits per heavy atom. The van der Waals surface area contributed by atoms with Crippen molar-refractivity contribution in [2.75, 3.05) is 33.7 Å². The van der Waals surface area contributed by atoms with Gasteiger partial charge in [-0.25, -0.2) is 0 Å². The Labute approximate surface area is 211 Å². The van der Waals surface area contributed by atoms with Crippen LogP contribution >= 0.6 is 0 Å². The Balaban J connectivity index is 1.48. The predicted molar refractivity (Wildman–Crippen MR) is 143 cm³/mol. The molecule has 4 atom stereocenters. The number of likely N-dealkylation sites (tertiary alicyclic amines) is 1. The molecule has 0 unspecified atom stereocenters. The first-order valence-corrected chi connectivity index (χ1v) is 13.4. The third-order valence-corrected chi connectivity index (χ3v) is 8.28. The molecule has 35 heavy (non-hydrogen) atoms. The van der Waals surface area contributed by atoms with E-state index in [-0.39, 0.29) is 17.4 Å². The fourth-order valence-corrected chi connectivity index (χ4v) is 6.50. The molecule has 1 heterocycles. The maximum Gasteiger partial charge on any atom is 0.220 e. The van der Waals surface area contributed by atoms with E-state index in [1.807, 2.05) is 26.2 Å². The summed E-state index contributed by atoms with van der Waals surface area (Å²) in [5, 5.41) is 13.7. The smallest absolute Gasteiger partial charge is 0.220 e. The zero-order chi connectivity index (χ0) is 24.8. The average Bonchev–Trinajstić information content (AvgIpc) is 2.82. The van der Waals surface area contributed by atoms with Crippen LogP contribution < -0.4 is 5.32 Å². The summed E-state index contributed by atoms with van der Waals surface area (Å²) < 4.78 is 0. The van der Waals surface area contributed by atoms with E-state index in [1.54, 1.807) is 6.07 Å². The highest BCUT2D eigenvalue weighted by Crippen LogP contribution is 2.50. The molecule has 1 amide bonds.